The van der Waals surface area contributed by atoms with Crippen LogP contribution in [0, 0.1) is 0 Å². The zero-order valence-corrected chi connectivity index (χ0v) is 14.1. The van der Waals surface area contributed by atoms with E-state index in [4.69, 9.17) is 4.74 Å². The van der Waals surface area contributed by atoms with Crippen molar-refractivity contribution in [3.63, 3.8) is 0 Å². The molecule has 1 amide bonds. The lowest BCUT2D eigenvalue weighted by Gasteiger charge is -2.25. The molecule has 2 aromatic rings. The number of anilines is 1. The van der Waals surface area contributed by atoms with Gasteiger partial charge in [-0.05, 0) is 37.6 Å². The number of hydrogen-bond donors (Lipinski definition) is 0. The zero-order valence-electron chi connectivity index (χ0n) is 14.1. The summed E-state index contributed by atoms with van der Waals surface area (Å²) in [5.41, 5.74) is 1.16. The first kappa shape index (κ1) is 16.3. The Morgan fingerprint density at radius 3 is 2.62 bits per heavy atom. The Balaban J connectivity index is 1.63. The average Bonchev–Trinajstić information content (AvgIpc) is 3.05. The summed E-state index contributed by atoms with van der Waals surface area (Å²) in [6, 6.07) is 7.74. The first-order valence-electron chi connectivity index (χ1n) is 8.21. The van der Waals surface area contributed by atoms with E-state index in [1.54, 1.807) is 18.1 Å². The monoisotopic (exact) mass is 329 g/mol. The molecule has 7 heteroatoms. The summed E-state index contributed by atoms with van der Waals surface area (Å²) in [4.78, 5) is 20.8. The fourth-order valence-corrected chi connectivity index (χ4v) is 2.98. The topological polar surface area (TPSA) is 63.5 Å². The van der Waals surface area contributed by atoms with Crippen molar-refractivity contribution in [2.24, 2.45) is 0 Å². The van der Waals surface area contributed by atoms with Crippen molar-refractivity contribution in [2.45, 2.75) is 19.4 Å². The van der Waals surface area contributed by atoms with E-state index >= 15 is 0 Å². The Kier molecular flexibility index (Phi) is 4.98. The van der Waals surface area contributed by atoms with Crippen LogP contribution in [-0.4, -0.2) is 58.9 Å². The molecule has 0 radical (unpaired) electrons. The van der Waals surface area contributed by atoms with Crippen LogP contribution < -0.4 is 9.64 Å². The molecule has 0 saturated carbocycles. The number of aromatic nitrogens is 3. The summed E-state index contributed by atoms with van der Waals surface area (Å²) < 4.78 is 6.81. The molecule has 0 bridgehead atoms. The van der Waals surface area contributed by atoms with Gasteiger partial charge in [0.05, 0.1) is 7.11 Å². The number of rotatable bonds is 4. The molecule has 1 aromatic heterocycles. The summed E-state index contributed by atoms with van der Waals surface area (Å²) >= 11 is 0. The number of methoxy groups -OCH3 is 1. The molecule has 3 rings (SSSR count). The lowest BCUT2D eigenvalue weighted by molar-refractivity contribution is -0.134. The van der Waals surface area contributed by atoms with Crippen LogP contribution in [0.2, 0.25) is 0 Å². The van der Waals surface area contributed by atoms with E-state index < -0.39 is 0 Å². The van der Waals surface area contributed by atoms with E-state index in [9.17, 15) is 4.79 Å². The average molecular weight is 329 g/mol. The number of ether oxygens (including phenoxy) is 1. The minimum atomic E-state index is -0.319. The maximum atomic E-state index is 12.7. The summed E-state index contributed by atoms with van der Waals surface area (Å²) in [7, 11) is 1.67. The second-order valence-corrected chi connectivity index (χ2v) is 5.92. The van der Waals surface area contributed by atoms with Gasteiger partial charge in [-0.25, -0.2) is 9.67 Å². The van der Waals surface area contributed by atoms with E-state index in [0.717, 1.165) is 37.5 Å². The van der Waals surface area contributed by atoms with Crippen molar-refractivity contribution in [3.8, 4) is 5.75 Å². The second-order valence-electron chi connectivity index (χ2n) is 5.92. The standard InChI is InChI=1S/C17H23N5O2/c1-14(22-13-18-12-19-22)17(23)21-9-3-8-20(10-11-21)15-4-6-16(24-2)7-5-15/h4-7,12-14H,3,8-11H2,1-2H3. The highest BCUT2D eigenvalue weighted by Crippen LogP contribution is 2.21. The van der Waals surface area contributed by atoms with Crippen LogP contribution in [0.1, 0.15) is 19.4 Å². The Labute approximate surface area is 141 Å². The molecule has 24 heavy (non-hydrogen) atoms. The third-order valence-corrected chi connectivity index (χ3v) is 4.44. The van der Waals surface area contributed by atoms with Gasteiger partial charge in [0.2, 0.25) is 5.91 Å². The van der Waals surface area contributed by atoms with Gasteiger partial charge in [-0.2, -0.15) is 5.10 Å². The largest absolute Gasteiger partial charge is 0.497 e. The third-order valence-electron chi connectivity index (χ3n) is 4.44. The predicted octanol–water partition coefficient (Wildman–Crippen LogP) is 1.59. The van der Waals surface area contributed by atoms with Gasteiger partial charge in [0.1, 0.15) is 24.4 Å². The van der Waals surface area contributed by atoms with Gasteiger partial charge in [0.15, 0.2) is 0 Å². The Morgan fingerprint density at radius 2 is 1.96 bits per heavy atom. The maximum Gasteiger partial charge on any atom is 0.247 e. The molecule has 1 fully saturated rings. The van der Waals surface area contributed by atoms with Gasteiger partial charge in [0, 0.05) is 31.9 Å². The highest BCUT2D eigenvalue weighted by atomic mass is 16.5. The first-order valence-corrected chi connectivity index (χ1v) is 8.21. The van der Waals surface area contributed by atoms with E-state index in [-0.39, 0.29) is 11.9 Å². The van der Waals surface area contributed by atoms with Gasteiger partial charge in [-0.1, -0.05) is 0 Å². The number of carbonyl (C=O) groups is 1. The number of nitrogens with zero attached hydrogens (tertiary/aromatic N) is 5. The Hall–Kier alpha value is -2.57. The van der Waals surface area contributed by atoms with Gasteiger partial charge in [0.25, 0.3) is 0 Å². The molecule has 1 saturated heterocycles. The van der Waals surface area contributed by atoms with Crippen molar-refractivity contribution in [1.82, 2.24) is 19.7 Å². The van der Waals surface area contributed by atoms with Gasteiger partial charge in [-0.3, -0.25) is 4.79 Å². The van der Waals surface area contributed by atoms with Crippen LogP contribution in [-0.2, 0) is 4.79 Å². The van der Waals surface area contributed by atoms with E-state index in [0.29, 0.717) is 6.54 Å². The van der Waals surface area contributed by atoms with Crippen molar-refractivity contribution in [2.75, 3.05) is 38.2 Å². The minimum Gasteiger partial charge on any atom is -0.497 e. The molecule has 1 atom stereocenters. The van der Waals surface area contributed by atoms with Crippen LogP contribution >= 0.6 is 0 Å². The molecule has 1 aromatic carbocycles. The van der Waals surface area contributed by atoms with Crippen LogP contribution in [0.4, 0.5) is 5.69 Å². The highest BCUT2D eigenvalue weighted by Gasteiger charge is 2.24. The Morgan fingerprint density at radius 1 is 1.17 bits per heavy atom. The van der Waals surface area contributed by atoms with Crippen LogP contribution in [0.5, 0.6) is 5.75 Å². The number of amides is 1. The van der Waals surface area contributed by atoms with E-state index in [1.165, 1.54) is 6.33 Å². The van der Waals surface area contributed by atoms with E-state index in [1.807, 2.05) is 24.0 Å². The van der Waals surface area contributed by atoms with Crippen molar-refractivity contribution in [3.05, 3.63) is 36.9 Å². The van der Waals surface area contributed by atoms with Crippen molar-refractivity contribution in [1.29, 1.82) is 0 Å². The normalized spacial score (nSPS) is 16.6. The third kappa shape index (κ3) is 3.50. The molecular weight excluding hydrogens is 306 g/mol. The molecule has 2 heterocycles. The summed E-state index contributed by atoms with van der Waals surface area (Å²) in [5, 5.41) is 4.07. The number of benzene rings is 1. The number of carbonyl (C=O) groups excluding carboxylic acids is 1. The summed E-state index contributed by atoms with van der Waals surface area (Å²) in [6.07, 6.45) is 3.99. The fourth-order valence-electron chi connectivity index (χ4n) is 2.98. The van der Waals surface area contributed by atoms with Gasteiger partial charge >= 0.3 is 0 Å². The molecule has 0 N–H and O–H groups in total. The molecule has 1 unspecified atom stereocenters. The van der Waals surface area contributed by atoms with Crippen LogP contribution in [0.25, 0.3) is 0 Å². The van der Waals surface area contributed by atoms with Crippen LogP contribution in [0.3, 0.4) is 0 Å². The van der Waals surface area contributed by atoms with Crippen molar-refractivity contribution < 1.29 is 9.53 Å². The fraction of sp³-hybridized carbons (Fsp3) is 0.471. The first-order chi connectivity index (χ1) is 11.7. The quantitative estimate of drug-likeness (QED) is 0.852. The zero-order chi connectivity index (χ0) is 16.9. The van der Waals surface area contributed by atoms with Gasteiger partial charge < -0.3 is 14.5 Å². The molecule has 128 valence electrons. The molecule has 1 aliphatic rings. The molecule has 7 nitrogen and oxygen atoms in total. The lowest BCUT2D eigenvalue weighted by Crippen LogP contribution is -2.39. The molecule has 0 aliphatic carbocycles. The molecular formula is C17H23N5O2. The molecule has 1 aliphatic heterocycles. The Bertz CT molecular complexity index is 656. The summed E-state index contributed by atoms with van der Waals surface area (Å²) in [6.45, 7) is 5.10. The predicted molar refractivity (Wildman–Crippen MR) is 91.1 cm³/mol. The molecule has 0 spiro atoms. The highest BCUT2D eigenvalue weighted by molar-refractivity contribution is 5.80. The van der Waals surface area contributed by atoms with E-state index in [2.05, 4.69) is 27.1 Å². The van der Waals surface area contributed by atoms with Crippen molar-refractivity contribution >= 4 is 11.6 Å². The second kappa shape index (κ2) is 7.33. The lowest BCUT2D eigenvalue weighted by atomic mass is 10.2. The number of hydrogen-bond acceptors (Lipinski definition) is 5. The minimum absolute atomic E-state index is 0.0945. The maximum absolute atomic E-state index is 12.7. The summed E-state index contributed by atoms with van der Waals surface area (Å²) in [5.74, 6) is 0.948. The van der Waals surface area contributed by atoms with Crippen LogP contribution in [0.15, 0.2) is 36.9 Å². The SMILES string of the molecule is COc1ccc(N2CCCN(C(=O)C(C)n3cncn3)CC2)cc1. The van der Waals surface area contributed by atoms with Gasteiger partial charge in [-0.15, -0.1) is 0 Å². The smallest absolute Gasteiger partial charge is 0.247 e.